The second-order valence-corrected chi connectivity index (χ2v) is 3.37. The van der Waals surface area contributed by atoms with E-state index in [1.165, 1.54) is 11.8 Å². The predicted octanol–water partition coefficient (Wildman–Crippen LogP) is -0.467. The summed E-state index contributed by atoms with van der Waals surface area (Å²) in [5, 5.41) is 8.66. The first-order chi connectivity index (χ1) is 6.63. The van der Waals surface area contributed by atoms with Crippen LogP contribution >= 0.6 is 0 Å². The number of likely N-dealkylation sites (tertiary alicyclic amines) is 1. The van der Waals surface area contributed by atoms with Gasteiger partial charge in [0.25, 0.3) is 0 Å². The van der Waals surface area contributed by atoms with Gasteiger partial charge in [-0.3, -0.25) is 9.59 Å². The van der Waals surface area contributed by atoms with Crippen LogP contribution in [0.15, 0.2) is 0 Å². The summed E-state index contributed by atoms with van der Waals surface area (Å²) in [4.78, 5) is 23.3. The number of aliphatic hydroxyl groups is 1. The van der Waals surface area contributed by atoms with Crippen LogP contribution in [-0.2, 0) is 14.3 Å². The molecule has 1 rings (SSSR count). The number of hydrogen-bond donors (Lipinski definition) is 1. The maximum absolute atomic E-state index is 11.1. The Morgan fingerprint density at radius 3 is 2.86 bits per heavy atom. The van der Waals surface area contributed by atoms with Crippen molar-refractivity contribution in [2.45, 2.75) is 25.9 Å². The first-order valence-corrected chi connectivity index (χ1v) is 4.69. The maximum Gasteiger partial charge on any atom is 0.302 e. The molecule has 5 nitrogen and oxygen atoms in total. The monoisotopic (exact) mass is 201 g/mol. The Hall–Kier alpha value is -1.10. The summed E-state index contributed by atoms with van der Waals surface area (Å²) in [6.07, 6.45) is 1.38. The fraction of sp³-hybridized carbons (Fsp3) is 0.778. The van der Waals surface area contributed by atoms with Gasteiger partial charge < -0.3 is 14.7 Å². The second kappa shape index (κ2) is 4.95. The lowest BCUT2D eigenvalue weighted by atomic mass is 10.1. The Balaban J connectivity index is 2.43. The van der Waals surface area contributed by atoms with Gasteiger partial charge in [-0.1, -0.05) is 0 Å². The van der Waals surface area contributed by atoms with Crippen LogP contribution in [0.1, 0.15) is 19.8 Å². The van der Waals surface area contributed by atoms with Gasteiger partial charge in [-0.15, -0.1) is 0 Å². The summed E-state index contributed by atoms with van der Waals surface area (Å²) in [6, 6.07) is 0. The van der Waals surface area contributed by atoms with Crippen molar-refractivity contribution in [3.8, 4) is 0 Å². The van der Waals surface area contributed by atoms with Crippen molar-refractivity contribution in [1.82, 2.24) is 4.90 Å². The highest BCUT2D eigenvalue weighted by molar-refractivity contribution is 5.77. The van der Waals surface area contributed by atoms with Gasteiger partial charge in [0.05, 0.1) is 6.54 Å². The molecule has 5 heteroatoms. The summed E-state index contributed by atoms with van der Waals surface area (Å²) in [6.45, 7) is 1.91. The van der Waals surface area contributed by atoms with Gasteiger partial charge in [0.2, 0.25) is 5.91 Å². The largest absolute Gasteiger partial charge is 0.461 e. The summed E-state index contributed by atoms with van der Waals surface area (Å²) < 4.78 is 5.00. The van der Waals surface area contributed by atoms with E-state index in [0.717, 1.165) is 12.8 Å². The lowest BCUT2D eigenvalue weighted by molar-refractivity contribution is -0.152. The van der Waals surface area contributed by atoms with E-state index in [1.807, 2.05) is 0 Å². The number of ether oxygens (including phenoxy) is 1. The molecule has 0 bridgehead atoms. The fourth-order valence-electron chi connectivity index (χ4n) is 1.60. The molecule has 0 aromatic heterocycles. The number of esters is 1. The lowest BCUT2D eigenvalue weighted by Crippen LogP contribution is -2.44. The minimum Gasteiger partial charge on any atom is -0.461 e. The summed E-state index contributed by atoms with van der Waals surface area (Å²) >= 11 is 0. The van der Waals surface area contributed by atoms with E-state index in [9.17, 15) is 9.59 Å². The second-order valence-electron chi connectivity index (χ2n) is 3.37. The van der Waals surface area contributed by atoms with Gasteiger partial charge in [0.15, 0.2) is 0 Å². The summed E-state index contributed by atoms with van der Waals surface area (Å²) in [7, 11) is 0. The Morgan fingerprint density at radius 1 is 1.57 bits per heavy atom. The molecule has 1 aliphatic heterocycles. The van der Waals surface area contributed by atoms with Crippen LogP contribution < -0.4 is 0 Å². The lowest BCUT2D eigenvalue weighted by Gasteiger charge is -2.31. The van der Waals surface area contributed by atoms with Gasteiger partial charge >= 0.3 is 5.97 Å². The molecule has 1 unspecified atom stereocenters. The third-order valence-electron chi connectivity index (χ3n) is 2.20. The first kappa shape index (κ1) is 11.0. The molecule has 1 aliphatic rings. The van der Waals surface area contributed by atoms with Crippen LogP contribution in [0.4, 0.5) is 0 Å². The molecule has 1 heterocycles. The Labute approximate surface area is 82.6 Å². The molecule has 0 radical (unpaired) electrons. The van der Waals surface area contributed by atoms with E-state index >= 15 is 0 Å². The summed E-state index contributed by atoms with van der Waals surface area (Å²) in [5.74, 6) is -0.629. The van der Waals surface area contributed by atoms with Crippen molar-refractivity contribution in [1.29, 1.82) is 0 Å². The number of carbonyl (C=O) groups excluding carboxylic acids is 2. The van der Waals surface area contributed by atoms with E-state index in [-0.39, 0.29) is 18.0 Å². The van der Waals surface area contributed by atoms with Crippen molar-refractivity contribution in [3.05, 3.63) is 0 Å². The van der Waals surface area contributed by atoms with Crippen LogP contribution in [0.3, 0.4) is 0 Å². The van der Waals surface area contributed by atoms with Crippen molar-refractivity contribution >= 4 is 11.9 Å². The molecule has 0 aromatic carbocycles. The molecule has 1 fully saturated rings. The van der Waals surface area contributed by atoms with Crippen molar-refractivity contribution in [2.75, 3.05) is 19.7 Å². The highest BCUT2D eigenvalue weighted by Gasteiger charge is 2.24. The molecule has 1 amide bonds. The molecule has 0 aliphatic carbocycles. The molecule has 0 spiro atoms. The number of hydrogen-bond acceptors (Lipinski definition) is 4. The maximum atomic E-state index is 11.1. The summed E-state index contributed by atoms with van der Waals surface area (Å²) in [5.41, 5.74) is 0. The number of aliphatic hydroxyl groups excluding tert-OH is 1. The number of rotatable bonds is 2. The van der Waals surface area contributed by atoms with E-state index in [0.29, 0.717) is 13.1 Å². The number of nitrogens with zero attached hydrogens (tertiary/aromatic N) is 1. The van der Waals surface area contributed by atoms with Gasteiger partial charge in [0.1, 0.15) is 12.7 Å². The molecule has 1 saturated heterocycles. The van der Waals surface area contributed by atoms with E-state index < -0.39 is 6.61 Å². The average Bonchev–Trinajstić information content (AvgIpc) is 2.16. The van der Waals surface area contributed by atoms with Crippen LogP contribution in [0.25, 0.3) is 0 Å². The Kier molecular flexibility index (Phi) is 3.88. The van der Waals surface area contributed by atoms with Gasteiger partial charge in [-0.25, -0.2) is 0 Å². The number of piperidine rings is 1. The number of amides is 1. The molecule has 14 heavy (non-hydrogen) atoms. The van der Waals surface area contributed by atoms with Crippen LogP contribution in [0, 0.1) is 0 Å². The van der Waals surface area contributed by atoms with Gasteiger partial charge in [0, 0.05) is 13.5 Å². The first-order valence-electron chi connectivity index (χ1n) is 4.69. The molecular formula is C9H15NO4. The molecule has 80 valence electrons. The van der Waals surface area contributed by atoms with E-state index in [4.69, 9.17) is 9.84 Å². The predicted molar refractivity (Wildman–Crippen MR) is 48.5 cm³/mol. The van der Waals surface area contributed by atoms with E-state index in [2.05, 4.69) is 0 Å². The van der Waals surface area contributed by atoms with E-state index in [1.54, 1.807) is 0 Å². The van der Waals surface area contributed by atoms with Crippen molar-refractivity contribution < 1.29 is 19.4 Å². The molecule has 0 aromatic rings. The zero-order chi connectivity index (χ0) is 10.6. The number of carbonyl (C=O) groups is 2. The van der Waals surface area contributed by atoms with Crippen LogP contribution in [0.2, 0.25) is 0 Å². The minimum absolute atomic E-state index is 0.211. The fourth-order valence-corrected chi connectivity index (χ4v) is 1.60. The average molecular weight is 201 g/mol. The topological polar surface area (TPSA) is 66.8 Å². The molecular weight excluding hydrogens is 186 g/mol. The van der Waals surface area contributed by atoms with Crippen molar-refractivity contribution in [2.24, 2.45) is 0 Å². The highest BCUT2D eigenvalue weighted by Crippen LogP contribution is 2.13. The van der Waals surface area contributed by atoms with Crippen LogP contribution in [0.5, 0.6) is 0 Å². The highest BCUT2D eigenvalue weighted by atomic mass is 16.5. The van der Waals surface area contributed by atoms with Gasteiger partial charge in [-0.2, -0.15) is 0 Å². The Morgan fingerprint density at radius 2 is 2.29 bits per heavy atom. The van der Waals surface area contributed by atoms with Crippen LogP contribution in [-0.4, -0.2) is 47.7 Å². The quantitative estimate of drug-likeness (QED) is 0.613. The normalized spacial score (nSPS) is 21.9. The minimum atomic E-state index is -0.479. The third-order valence-corrected chi connectivity index (χ3v) is 2.20. The molecule has 0 saturated carbocycles. The standard InChI is InChI=1S/C9H15NO4/c1-7(12)14-8-3-2-4-10(5-8)9(13)6-11/h8,11H,2-6H2,1H3. The van der Waals surface area contributed by atoms with Gasteiger partial charge in [-0.05, 0) is 12.8 Å². The SMILES string of the molecule is CC(=O)OC1CCCN(C(=O)CO)C1. The zero-order valence-electron chi connectivity index (χ0n) is 8.23. The molecule has 1 N–H and O–H groups in total. The van der Waals surface area contributed by atoms with Crippen molar-refractivity contribution in [3.63, 3.8) is 0 Å². The Bertz CT molecular complexity index is 229. The molecule has 1 atom stereocenters. The smallest absolute Gasteiger partial charge is 0.302 e. The third kappa shape index (κ3) is 2.99. The zero-order valence-corrected chi connectivity index (χ0v) is 8.23.